The fraction of sp³-hybridized carbons (Fsp3) is 0.500. The van der Waals surface area contributed by atoms with Crippen molar-refractivity contribution in [3.8, 4) is 0 Å². The van der Waals surface area contributed by atoms with Crippen molar-refractivity contribution in [2.75, 3.05) is 0 Å². The van der Waals surface area contributed by atoms with Gasteiger partial charge in [0.1, 0.15) is 0 Å². The third-order valence-electron chi connectivity index (χ3n) is 2.94. The van der Waals surface area contributed by atoms with E-state index in [1.165, 1.54) is 16.8 Å². The summed E-state index contributed by atoms with van der Waals surface area (Å²) in [6.45, 7) is 11.1. The summed E-state index contributed by atoms with van der Waals surface area (Å²) in [6.07, 6.45) is 4.01. The molecule has 2 heterocycles. The van der Waals surface area contributed by atoms with Crippen LogP contribution >= 0.6 is 0 Å². The molecule has 2 heteroatoms. The van der Waals surface area contributed by atoms with Crippen LogP contribution < -0.4 is 0 Å². The molecule has 0 unspecified atom stereocenters. The van der Waals surface area contributed by atoms with Crippen LogP contribution in [0.3, 0.4) is 0 Å². The minimum Gasteiger partial charge on any atom is -0.306 e. The zero-order chi connectivity index (χ0) is 11.9. The third-order valence-corrected chi connectivity index (χ3v) is 2.94. The van der Waals surface area contributed by atoms with Crippen molar-refractivity contribution in [2.24, 2.45) is 0 Å². The maximum Gasteiger partial charge on any atom is 0.0995 e. The molecule has 86 valence electrons. The number of aromatic nitrogens is 2. The van der Waals surface area contributed by atoms with Crippen molar-refractivity contribution in [1.82, 2.24) is 9.38 Å². The van der Waals surface area contributed by atoms with Crippen molar-refractivity contribution in [1.29, 1.82) is 0 Å². The van der Waals surface area contributed by atoms with Crippen molar-refractivity contribution in [2.45, 2.75) is 46.0 Å². The predicted octanol–water partition coefficient (Wildman–Crippen LogP) is 3.76. The highest BCUT2D eigenvalue weighted by Gasteiger charge is 2.19. The highest BCUT2D eigenvalue weighted by Crippen LogP contribution is 2.27. The lowest BCUT2D eigenvalue weighted by Gasteiger charge is -2.16. The molecule has 2 aromatic heterocycles. The molecule has 16 heavy (non-hydrogen) atoms. The average Bonchev–Trinajstić information content (AvgIpc) is 2.58. The molecule has 2 nitrogen and oxygen atoms in total. The smallest absolute Gasteiger partial charge is 0.0995 e. The van der Waals surface area contributed by atoms with Crippen molar-refractivity contribution < 1.29 is 0 Å². The average molecular weight is 216 g/mol. The minimum atomic E-state index is 0.102. The molecular formula is C14H20N2. The van der Waals surface area contributed by atoms with Gasteiger partial charge in [-0.1, -0.05) is 34.6 Å². The second kappa shape index (κ2) is 3.62. The zero-order valence-corrected chi connectivity index (χ0v) is 10.8. The van der Waals surface area contributed by atoms with Crippen LogP contribution in [0.5, 0.6) is 0 Å². The summed E-state index contributed by atoms with van der Waals surface area (Å²) in [7, 11) is 0. The Morgan fingerprint density at radius 2 is 1.94 bits per heavy atom. The Balaban J connectivity index is 2.65. The van der Waals surface area contributed by atoms with E-state index in [9.17, 15) is 0 Å². The van der Waals surface area contributed by atoms with Gasteiger partial charge in [0.25, 0.3) is 0 Å². The fourth-order valence-corrected chi connectivity index (χ4v) is 1.94. The van der Waals surface area contributed by atoms with E-state index in [1.807, 2.05) is 6.33 Å². The van der Waals surface area contributed by atoms with Crippen LogP contribution in [0.2, 0.25) is 0 Å². The lowest BCUT2D eigenvalue weighted by atomic mass is 9.91. The summed E-state index contributed by atoms with van der Waals surface area (Å²) >= 11 is 0. The number of pyridine rings is 1. The first-order valence-electron chi connectivity index (χ1n) is 5.86. The molecule has 0 saturated carbocycles. The number of nitrogens with zero attached hydrogens (tertiary/aromatic N) is 2. The lowest BCUT2D eigenvalue weighted by Crippen LogP contribution is -2.12. The molecule has 0 amide bonds. The van der Waals surface area contributed by atoms with E-state index in [-0.39, 0.29) is 5.41 Å². The number of fused-ring (bicyclic) bond motifs is 1. The van der Waals surface area contributed by atoms with Crippen LogP contribution in [-0.4, -0.2) is 9.38 Å². The third kappa shape index (κ3) is 1.84. The highest BCUT2D eigenvalue weighted by molar-refractivity contribution is 5.56. The van der Waals surface area contributed by atoms with Gasteiger partial charge in [0.15, 0.2) is 0 Å². The zero-order valence-electron chi connectivity index (χ0n) is 10.8. The molecule has 2 aromatic rings. The lowest BCUT2D eigenvalue weighted by molar-refractivity contribution is 0.577. The summed E-state index contributed by atoms with van der Waals surface area (Å²) < 4.78 is 2.10. The van der Waals surface area contributed by atoms with Crippen molar-refractivity contribution in [3.05, 3.63) is 35.9 Å². The SMILES string of the molecule is CC(C)c1ccn2cnc(C(C)(C)C)c2c1. The van der Waals surface area contributed by atoms with Crippen LogP contribution in [0, 0.1) is 0 Å². The molecule has 0 radical (unpaired) electrons. The highest BCUT2D eigenvalue weighted by atomic mass is 15.0. The quantitative estimate of drug-likeness (QED) is 0.709. The summed E-state index contributed by atoms with van der Waals surface area (Å²) in [5.74, 6) is 0.563. The van der Waals surface area contributed by atoms with Gasteiger partial charge in [0, 0.05) is 11.6 Å². The molecule has 0 aliphatic heterocycles. The van der Waals surface area contributed by atoms with Gasteiger partial charge in [0.05, 0.1) is 17.5 Å². The standard InChI is InChI=1S/C14H20N2/c1-10(2)11-6-7-16-9-15-13(12(16)8-11)14(3,4)5/h6-10H,1-5H3. The molecule has 0 spiro atoms. The maximum atomic E-state index is 4.53. The van der Waals surface area contributed by atoms with E-state index < -0.39 is 0 Å². The van der Waals surface area contributed by atoms with Gasteiger partial charge in [-0.3, -0.25) is 0 Å². The number of imidazole rings is 1. The number of rotatable bonds is 1. The first kappa shape index (κ1) is 11.2. The first-order chi connectivity index (χ1) is 7.39. The Hall–Kier alpha value is -1.31. The van der Waals surface area contributed by atoms with Gasteiger partial charge in [-0.05, 0) is 23.6 Å². The molecule has 0 atom stereocenters. The molecule has 0 aliphatic rings. The Bertz CT molecular complexity index is 501. The monoisotopic (exact) mass is 216 g/mol. The first-order valence-corrected chi connectivity index (χ1v) is 5.86. The Labute approximate surface area is 97.3 Å². The Morgan fingerprint density at radius 3 is 2.50 bits per heavy atom. The van der Waals surface area contributed by atoms with E-state index in [4.69, 9.17) is 0 Å². The fourth-order valence-electron chi connectivity index (χ4n) is 1.94. The minimum absolute atomic E-state index is 0.102. The van der Waals surface area contributed by atoms with E-state index in [2.05, 4.69) is 62.3 Å². The largest absolute Gasteiger partial charge is 0.306 e. The predicted molar refractivity (Wildman–Crippen MR) is 68.0 cm³/mol. The second-order valence-corrected chi connectivity index (χ2v) is 5.75. The summed E-state index contributed by atoms with van der Waals surface area (Å²) in [4.78, 5) is 4.53. The van der Waals surface area contributed by atoms with E-state index in [0.29, 0.717) is 5.92 Å². The number of hydrogen-bond acceptors (Lipinski definition) is 1. The van der Waals surface area contributed by atoms with E-state index >= 15 is 0 Å². The van der Waals surface area contributed by atoms with Crippen LogP contribution in [0.25, 0.3) is 5.52 Å². The molecule has 0 N–H and O–H groups in total. The normalized spacial score (nSPS) is 12.6. The maximum absolute atomic E-state index is 4.53. The molecule has 0 saturated heterocycles. The number of hydrogen-bond donors (Lipinski definition) is 0. The molecule has 2 rings (SSSR count). The molecule has 0 aromatic carbocycles. The summed E-state index contributed by atoms with van der Waals surface area (Å²) in [5, 5.41) is 0. The van der Waals surface area contributed by atoms with Gasteiger partial charge in [0.2, 0.25) is 0 Å². The molecular weight excluding hydrogens is 196 g/mol. The van der Waals surface area contributed by atoms with E-state index in [1.54, 1.807) is 0 Å². The van der Waals surface area contributed by atoms with Gasteiger partial charge < -0.3 is 4.40 Å². The van der Waals surface area contributed by atoms with Gasteiger partial charge in [-0.2, -0.15) is 0 Å². The molecule has 0 bridgehead atoms. The van der Waals surface area contributed by atoms with Gasteiger partial charge in [-0.15, -0.1) is 0 Å². The van der Waals surface area contributed by atoms with Crippen molar-refractivity contribution >= 4 is 5.52 Å². The van der Waals surface area contributed by atoms with Gasteiger partial charge >= 0.3 is 0 Å². The van der Waals surface area contributed by atoms with Gasteiger partial charge in [-0.25, -0.2) is 4.98 Å². The molecule has 0 fully saturated rings. The molecule has 0 aliphatic carbocycles. The Kier molecular flexibility index (Phi) is 2.53. The van der Waals surface area contributed by atoms with Crippen LogP contribution in [0.4, 0.5) is 0 Å². The summed E-state index contributed by atoms with van der Waals surface area (Å²) in [5.41, 5.74) is 3.89. The van der Waals surface area contributed by atoms with E-state index in [0.717, 1.165) is 0 Å². The van der Waals surface area contributed by atoms with Crippen LogP contribution in [0.1, 0.15) is 51.8 Å². The topological polar surface area (TPSA) is 17.3 Å². The van der Waals surface area contributed by atoms with Crippen molar-refractivity contribution in [3.63, 3.8) is 0 Å². The second-order valence-electron chi connectivity index (χ2n) is 5.75. The van der Waals surface area contributed by atoms with Crippen LogP contribution in [-0.2, 0) is 5.41 Å². The summed E-state index contributed by atoms with van der Waals surface area (Å²) in [6, 6.07) is 4.43. The Morgan fingerprint density at radius 1 is 1.25 bits per heavy atom. The van der Waals surface area contributed by atoms with Crippen LogP contribution in [0.15, 0.2) is 24.7 Å².